The highest BCUT2D eigenvalue weighted by atomic mass is 35.5. The molecule has 1 atom stereocenters. The first kappa shape index (κ1) is 15.6. The van der Waals surface area contributed by atoms with Crippen LogP contribution < -0.4 is 15.2 Å². The molecular weight excluding hydrogens is 293 g/mol. The third-order valence-electron chi connectivity index (χ3n) is 3.27. The van der Waals surface area contributed by atoms with Gasteiger partial charge in [-0.3, -0.25) is 0 Å². The molecule has 2 rings (SSSR count). The van der Waals surface area contributed by atoms with Crippen molar-refractivity contribution in [3.63, 3.8) is 0 Å². The van der Waals surface area contributed by atoms with Crippen molar-refractivity contribution in [2.45, 2.75) is 12.5 Å². The molecule has 2 aromatic carbocycles. The smallest absolute Gasteiger partial charge is 0.160 e. The van der Waals surface area contributed by atoms with Crippen LogP contribution in [-0.4, -0.2) is 14.2 Å². The van der Waals surface area contributed by atoms with Gasteiger partial charge in [0.15, 0.2) is 11.5 Å². The number of rotatable bonds is 5. The SMILES string of the molecule is COc1ccc(CC(N)c2ccc(Cl)cc2F)cc1OC. The maximum absolute atomic E-state index is 13.9. The highest BCUT2D eigenvalue weighted by molar-refractivity contribution is 6.30. The molecule has 0 saturated heterocycles. The van der Waals surface area contributed by atoms with Crippen molar-refractivity contribution >= 4 is 11.6 Å². The predicted octanol–water partition coefficient (Wildman–Crippen LogP) is 3.74. The van der Waals surface area contributed by atoms with Crippen molar-refractivity contribution in [2.24, 2.45) is 5.73 Å². The average molecular weight is 310 g/mol. The van der Waals surface area contributed by atoms with Crippen LogP contribution in [-0.2, 0) is 6.42 Å². The number of hydrogen-bond acceptors (Lipinski definition) is 3. The van der Waals surface area contributed by atoms with Crippen molar-refractivity contribution in [3.8, 4) is 11.5 Å². The predicted molar refractivity (Wildman–Crippen MR) is 81.6 cm³/mol. The van der Waals surface area contributed by atoms with E-state index < -0.39 is 11.9 Å². The van der Waals surface area contributed by atoms with E-state index in [2.05, 4.69) is 0 Å². The van der Waals surface area contributed by atoms with E-state index in [0.717, 1.165) is 5.56 Å². The molecule has 0 aliphatic heterocycles. The Morgan fingerprint density at radius 1 is 1.10 bits per heavy atom. The van der Waals surface area contributed by atoms with Crippen LogP contribution in [0, 0.1) is 5.82 Å². The Morgan fingerprint density at radius 2 is 1.81 bits per heavy atom. The standard InChI is InChI=1S/C16H17ClFNO2/c1-20-15-6-3-10(8-16(15)21-2)7-14(19)12-5-4-11(17)9-13(12)18/h3-6,8-9,14H,7,19H2,1-2H3. The minimum atomic E-state index is -0.458. The minimum Gasteiger partial charge on any atom is -0.493 e. The number of halogens is 2. The fourth-order valence-electron chi connectivity index (χ4n) is 2.17. The van der Waals surface area contributed by atoms with Crippen LogP contribution in [0.2, 0.25) is 5.02 Å². The maximum Gasteiger partial charge on any atom is 0.160 e. The second kappa shape index (κ2) is 6.78. The first-order chi connectivity index (χ1) is 10.0. The quantitative estimate of drug-likeness (QED) is 0.915. The molecule has 0 bridgehead atoms. The fourth-order valence-corrected chi connectivity index (χ4v) is 2.33. The van der Waals surface area contributed by atoms with Gasteiger partial charge in [-0.1, -0.05) is 23.7 Å². The second-order valence-corrected chi connectivity index (χ2v) is 5.10. The summed E-state index contributed by atoms with van der Waals surface area (Å²) in [6, 6.07) is 9.59. The van der Waals surface area contributed by atoms with E-state index in [9.17, 15) is 4.39 Å². The summed E-state index contributed by atoms with van der Waals surface area (Å²) in [4.78, 5) is 0. The molecular formula is C16H17ClFNO2. The fraction of sp³-hybridized carbons (Fsp3) is 0.250. The molecule has 21 heavy (non-hydrogen) atoms. The normalized spacial score (nSPS) is 12.0. The Bertz CT molecular complexity index is 634. The molecule has 1 unspecified atom stereocenters. The van der Waals surface area contributed by atoms with E-state index in [4.69, 9.17) is 26.8 Å². The number of methoxy groups -OCH3 is 2. The summed E-state index contributed by atoms with van der Waals surface area (Å²) in [7, 11) is 3.15. The first-order valence-electron chi connectivity index (χ1n) is 6.46. The summed E-state index contributed by atoms with van der Waals surface area (Å²) in [5.41, 5.74) is 7.46. The Morgan fingerprint density at radius 3 is 2.43 bits per heavy atom. The first-order valence-corrected chi connectivity index (χ1v) is 6.84. The maximum atomic E-state index is 13.9. The van der Waals surface area contributed by atoms with E-state index in [1.807, 2.05) is 12.1 Å². The van der Waals surface area contributed by atoms with Crippen molar-refractivity contribution in [1.82, 2.24) is 0 Å². The Kier molecular flexibility index (Phi) is 5.04. The Labute approximate surface area is 128 Å². The molecule has 5 heteroatoms. The van der Waals surface area contributed by atoms with Gasteiger partial charge in [0.2, 0.25) is 0 Å². The summed E-state index contributed by atoms with van der Waals surface area (Å²) in [5.74, 6) is 0.877. The molecule has 0 aliphatic carbocycles. The monoisotopic (exact) mass is 309 g/mol. The summed E-state index contributed by atoms with van der Waals surface area (Å²) >= 11 is 5.74. The third-order valence-corrected chi connectivity index (χ3v) is 3.50. The highest BCUT2D eigenvalue weighted by Crippen LogP contribution is 2.29. The van der Waals surface area contributed by atoms with E-state index in [0.29, 0.717) is 28.5 Å². The third kappa shape index (κ3) is 3.65. The van der Waals surface area contributed by atoms with Gasteiger partial charge in [0.1, 0.15) is 5.82 Å². The molecule has 3 nitrogen and oxygen atoms in total. The number of nitrogens with two attached hydrogens (primary N) is 1. The van der Waals surface area contributed by atoms with Crippen molar-refractivity contribution in [1.29, 1.82) is 0 Å². The van der Waals surface area contributed by atoms with E-state index in [1.54, 1.807) is 32.4 Å². The summed E-state index contributed by atoms with van der Waals surface area (Å²) in [6.07, 6.45) is 0.485. The molecule has 2 N–H and O–H groups in total. The lowest BCUT2D eigenvalue weighted by atomic mass is 9.99. The second-order valence-electron chi connectivity index (χ2n) is 4.67. The van der Waals surface area contributed by atoms with E-state index >= 15 is 0 Å². The summed E-state index contributed by atoms with van der Waals surface area (Å²) < 4.78 is 24.3. The topological polar surface area (TPSA) is 44.5 Å². The minimum absolute atomic E-state index is 0.356. The zero-order valence-corrected chi connectivity index (χ0v) is 12.7. The van der Waals surface area contributed by atoms with E-state index in [-0.39, 0.29) is 0 Å². The molecule has 0 radical (unpaired) electrons. The average Bonchev–Trinajstić information content (AvgIpc) is 2.46. The van der Waals surface area contributed by atoms with Gasteiger partial charge >= 0.3 is 0 Å². The van der Waals surface area contributed by atoms with Gasteiger partial charge in [-0.25, -0.2) is 4.39 Å². The Balaban J connectivity index is 2.21. The molecule has 0 fully saturated rings. The molecule has 112 valence electrons. The van der Waals surface area contributed by atoms with Crippen LogP contribution >= 0.6 is 11.6 Å². The summed E-state index contributed by atoms with van der Waals surface area (Å²) in [5, 5.41) is 0.356. The molecule has 0 heterocycles. The van der Waals surface area contributed by atoms with Crippen LogP contribution in [0.15, 0.2) is 36.4 Å². The lowest BCUT2D eigenvalue weighted by molar-refractivity contribution is 0.354. The van der Waals surface area contributed by atoms with Gasteiger partial charge in [0.25, 0.3) is 0 Å². The molecule has 0 aromatic heterocycles. The van der Waals surface area contributed by atoms with Crippen molar-refractivity contribution in [2.75, 3.05) is 14.2 Å². The van der Waals surface area contributed by atoms with Gasteiger partial charge in [-0.15, -0.1) is 0 Å². The number of benzene rings is 2. The number of ether oxygens (including phenoxy) is 2. The van der Waals surface area contributed by atoms with Crippen LogP contribution in [0.25, 0.3) is 0 Å². The van der Waals surface area contributed by atoms with Gasteiger partial charge in [-0.2, -0.15) is 0 Å². The van der Waals surface area contributed by atoms with Gasteiger partial charge in [-0.05, 0) is 36.2 Å². The van der Waals surface area contributed by atoms with Gasteiger partial charge in [0.05, 0.1) is 14.2 Å². The molecule has 0 amide bonds. The van der Waals surface area contributed by atoms with Gasteiger partial charge in [0, 0.05) is 16.6 Å². The van der Waals surface area contributed by atoms with Crippen molar-refractivity contribution < 1.29 is 13.9 Å². The Hall–Kier alpha value is -1.78. The van der Waals surface area contributed by atoms with E-state index in [1.165, 1.54) is 6.07 Å². The zero-order chi connectivity index (χ0) is 15.4. The van der Waals surface area contributed by atoms with Crippen molar-refractivity contribution in [3.05, 3.63) is 58.4 Å². The largest absolute Gasteiger partial charge is 0.493 e. The highest BCUT2D eigenvalue weighted by Gasteiger charge is 2.14. The molecule has 0 saturated carbocycles. The van der Waals surface area contributed by atoms with Crippen LogP contribution in [0.5, 0.6) is 11.5 Å². The number of hydrogen-bond donors (Lipinski definition) is 1. The van der Waals surface area contributed by atoms with Gasteiger partial charge < -0.3 is 15.2 Å². The lowest BCUT2D eigenvalue weighted by Gasteiger charge is -2.15. The summed E-state index contributed by atoms with van der Waals surface area (Å²) in [6.45, 7) is 0. The molecule has 0 spiro atoms. The van der Waals surface area contributed by atoms with Crippen LogP contribution in [0.3, 0.4) is 0 Å². The lowest BCUT2D eigenvalue weighted by Crippen LogP contribution is -2.15. The van der Waals surface area contributed by atoms with Crippen LogP contribution in [0.4, 0.5) is 4.39 Å². The zero-order valence-electron chi connectivity index (χ0n) is 11.9. The molecule has 2 aromatic rings. The van der Waals surface area contributed by atoms with Crippen LogP contribution in [0.1, 0.15) is 17.2 Å². The molecule has 0 aliphatic rings.